The summed E-state index contributed by atoms with van der Waals surface area (Å²) in [6.45, 7) is 7.08. The number of hydrogen-bond donors (Lipinski definition) is 1. The van der Waals surface area contributed by atoms with Crippen LogP contribution in [0.4, 0.5) is 0 Å². The van der Waals surface area contributed by atoms with E-state index in [2.05, 4.69) is 38.2 Å². The molecule has 88 valence electrons. The number of Topliss-reactive ketones (excluding diaryl/α,β-unsaturated/α-hetero) is 1. The second-order valence-electron chi connectivity index (χ2n) is 4.37. The van der Waals surface area contributed by atoms with Gasteiger partial charge in [-0.2, -0.15) is 0 Å². The van der Waals surface area contributed by atoms with Crippen LogP contribution in [0.2, 0.25) is 0 Å². The van der Waals surface area contributed by atoms with Crippen LogP contribution in [-0.4, -0.2) is 18.4 Å². The highest BCUT2D eigenvalue weighted by atomic mass is 16.1. The highest BCUT2D eigenvalue weighted by molar-refractivity contribution is 5.81. The summed E-state index contributed by atoms with van der Waals surface area (Å²) in [5.41, 5.74) is 2.33. The SMILES string of the molecule is CCNC(C)CC(=O)Cc1cccc(C)c1. The fourth-order valence-electron chi connectivity index (χ4n) is 1.88. The zero-order chi connectivity index (χ0) is 12.0. The lowest BCUT2D eigenvalue weighted by Crippen LogP contribution is -2.28. The monoisotopic (exact) mass is 219 g/mol. The molecule has 1 atom stereocenters. The van der Waals surface area contributed by atoms with Crippen molar-refractivity contribution in [1.29, 1.82) is 0 Å². The van der Waals surface area contributed by atoms with Gasteiger partial charge in [-0.05, 0) is 26.0 Å². The fourth-order valence-corrected chi connectivity index (χ4v) is 1.88. The van der Waals surface area contributed by atoms with Crippen LogP contribution < -0.4 is 5.32 Å². The summed E-state index contributed by atoms with van der Waals surface area (Å²) in [6.07, 6.45) is 1.17. The normalized spacial score (nSPS) is 12.4. The van der Waals surface area contributed by atoms with Crippen molar-refractivity contribution in [2.45, 2.75) is 39.7 Å². The molecule has 0 aliphatic heterocycles. The first-order chi connectivity index (χ1) is 7.61. The van der Waals surface area contributed by atoms with Gasteiger partial charge < -0.3 is 5.32 Å². The first kappa shape index (κ1) is 12.9. The van der Waals surface area contributed by atoms with Crippen molar-refractivity contribution in [3.8, 4) is 0 Å². The van der Waals surface area contributed by atoms with E-state index in [1.54, 1.807) is 0 Å². The Balaban J connectivity index is 2.45. The summed E-state index contributed by atoms with van der Waals surface area (Å²) in [4.78, 5) is 11.8. The minimum absolute atomic E-state index is 0.280. The first-order valence-corrected chi connectivity index (χ1v) is 5.92. The molecule has 1 N–H and O–H groups in total. The Bertz CT molecular complexity index is 346. The fraction of sp³-hybridized carbons (Fsp3) is 0.500. The van der Waals surface area contributed by atoms with Crippen molar-refractivity contribution < 1.29 is 4.79 Å². The van der Waals surface area contributed by atoms with E-state index >= 15 is 0 Å². The van der Waals surface area contributed by atoms with E-state index in [1.807, 2.05) is 12.1 Å². The molecule has 2 heteroatoms. The average molecular weight is 219 g/mol. The Morgan fingerprint density at radius 1 is 1.44 bits per heavy atom. The Labute approximate surface area is 98.1 Å². The summed E-state index contributed by atoms with van der Waals surface area (Å²) in [6, 6.07) is 8.43. The van der Waals surface area contributed by atoms with E-state index in [-0.39, 0.29) is 6.04 Å². The van der Waals surface area contributed by atoms with E-state index in [0.29, 0.717) is 18.6 Å². The number of ketones is 1. The number of carbonyl (C=O) groups excluding carboxylic acids is 1. The van der Waals surface area contributed by atoms with Gasteiger partial charge in [0.15, 0.2) is 0 Å². The molecule has 16 heavy (non-hydrogen) atoms. The van der Waals surface area contributed by atoms with E-state index in [0.717, 1.165) is 12.1 Å². The van der Waals surface area contributed by atoms with Crippen molar-refractivity contribution in [3.63, 3.8) is 0 Å². The zero-order valence-corrected chi connectivity index (χ0v) is 10.4. The molecule has 0 aliphatic carbocycles. The van der Waals surface area contributed by atoms with Gasteiger partial charge in [0.05, 0.1) is 0 Å². The maximum atomic E-state index is 11.8. The van der Waals surface area contributed by atoms with Gasteiger partial charge in [0.2, 0.25) is 0 Å². The minimum Gasteiger partial charge on any atom is -0.314 e. The van der Waals surface area contributed by atoms with E-state index in [9.17, 15) is 4.79 Å². The molecule has 1 rings (SSSR count). The van der Waals surface area contributed by atoms with E-state index in [4.69, 9.17) is 0 Å². The molecule has 0 heterocycles. The summed E-state index contributed by atoms with van der Waals surface area (Å²) >= 11 is 0. The Morgan fingerprint density at radius 3 is 2.81 bits per heavy atom. The molecule has 2 nitrogen and oxygen atoms in total. The zero-order valence-electron chi connectivity index (χ0n) is 10.4. The Kier molecular flexibility index (Phi) is 5.20. The van der Waals surface area contributed by atoms with Crippen LogP contribution in [0, 0.1) is 6.92 Å². The van der Waals surface area contributed by atoms with Crippen LogP contribution >= 0.6 is 0 Å². The quantitative estimate of drug-likeness (QED) is 0.796. The molecule has 0 bridgehead atoms. The molecule has 0 spiro atoms. The van der Waals surface area contributed by atoms with Gasteiger partial charge in [0.25, 0.3) is 0 Å². The number of hydrogen-bond acceptors (Lipinski definition) is 2. The topological polar surface area (TPSA) is 29.1 Å². The number of aryl methyl sites for hydroxylation is 1. The second kappa shape index (κ2) is 6.44. The maximum Gasteiger partial charge on any atom is 0.138 e. The predicted octanol–water partition coefficient (Wildman–Crippen LogP) is 2.49. The largest absolute Gasteiger partial charge is 0.314 e. The van der Waals surface area contributed by atoms with Gasteiger partial charge in [0.1, 0.15) is 5.78 Å². The number of rotatable bonds is 6. The van der Waals surface area contributed by atoms with Crippen LogP contribution in [0.3, 0.4) is 0 Å². The highest BCUT2D eigenvalue weighted by Crippen LogP contribution is 2.07. The number of benzene rings is 1. The minimum atomic E-state index is 0.280. The van der Waals surface area contributed by atoms with Crippen LogP contribution in [0.25, 0.3) is 0 Å². The van der Waals surface area contributed by atoms with Crippen LogP contribution in [0.5, 0.6) is 0 Å². The van der Waals surface area contributed by atoms with Gasteiger partial charge in [0, 0.05) is 18.9 Å². The predicted molar refractivity (Wildman–Crippen MR) is 67.6 cm³/mol. The maximum absolute atomic E-state index is 11.8. The van der Waals surface area contributed by atoms with Gasteiger partial charge in [-0.15, -0.1) is 0 Å². The van der Waals surface area contributed by atoms with Crippen molar-refractivity contribution >= 4 is 5.78 Å². The third-order valence-corrected chi connectivity index (χ3v) is 2.57. The molecule has 1 aromatic carbocycles. The van der Waals surface area contributed by atoms with Gasteiger partial charge >= 0.3 is 0 Å². The number of carbonyl (C=O) groups is 1. The lowest BCUT2D eigenvalue weighted by Gasteiger charge is -2.11. The van der Waals surface area contributed by atoms with Crippen LogP contribution in [0.15, 0.2) is 24.3 Å². The van der Waals surface area contributed by atoms with Crippen molar-refractivity contribution in [1.82, 2.24) is 5.32 Å². The molecule has 0 amide bonds. The smallest absolute Gasteiger partial charge is 0.138 e. The molecule has 0 radical (unpaired) electrons. The lowest BCUT2D eigenvalue weighted by atomic mass is 10.0. The van der Waals surface area contributed by atoms with Gasteiger partial charge in [-0.25, -0.2) is 0 Å². The summed E-state index contributed by atoms with van der Waals surface area (Å²) in [5.74, 6) is 0.305. The molecule has 0 fully saturated rings. The summed E-state index contributed by atoms with van der Waals surface area (Å²) in [5, 5.41) is 3.25. The van der Waals surface area contributed by atoms with Gasteiger partial charge in [-0.3, -0.25) is 4.79 Å². The molecular weight excluding hydrogens is 198 g/mol. The van der Waals surface area contributed by atoms with Crippen molar-refractivity contribution in [2.24, 2.45) is 0 Å². The molecule has 0 aliphatic rings. The summed E-state index contributed by atoms with van der Waals surface area (Å²) < 4.78 is 0. The highest BCUT2D eigenvalue weighted by Gasteiger charge is 2.08. The van der Waals surface area contributed by atoms with Crippen molar-refractivity contribution in [3.05, 3.63) is 35.4 Å². The molecular formula is C14H21NO. The third kappa shape index (κ3) is 4.58. The molecule has 0 saturated carbocycles. The third-order valence-electron chi connectivity index (χ3n) is 2.57. The summed E-state index contributed by atoms with van der Waals surface area (Å²) in [7, 11) is 0. The molecule has 1 unspecified atom stereocenters. The van der Waals surface area contributed by atoms with E-state index in [1.165, 1.54) is 5.56 Å². The van der Waals surface area contributed by atoms with Crippen LogP contribution in [0.1, 0.15) is 31.4 Å². The molecule has 1 aromatic rings. The van der Waals surface area contributed by atoms with E-state index < -0.39 is 0 Å². The Hall–Kier alpha value is -1.15. The van der Waals surface area contributed by atoms with Crippen LogP contribution in [-0.2, 0) is 11.2 Å². The molecule has 0 aromatic heterocycles. The number of nitrogens with one attached hydrogen (secondary N) is 1. The average Bonchev–Trinajstić information content (AvgIpc) is 2.17. The Morgan fingerprint density at radius 2 is 2.19 bits per heavy atom. The lowest BCUT2D eigenvalue weighted by molar-refractivity contribution is -0.118. The molecule has 0 saturated heterocycles. The van der Waals surface area contributed by atoms with Crippen molar-refractivity contribution in [2.75, 3.05) is 6.54 Å². The van der Waals surface area contributed by atoms with Gasteiger partial charge in [-0.1, -0.05) is 36.8 Å². The first-order valence-electron chi connectivity index (χ1n) is 5.92. The standard InChI is InChI=1S/C14H21NO/c1-4-15-12(3)9-14(16)10-13-7-5-6-11(2)8-13/h5-8,12,15H,4,9-10H2,1-3H3. The second-order valence-corrected chi connectivity index (χ2v) is 4.37.